The van der Waals surface area contributed by atoms with Crippen molar-refractivity contribution in [3.63, 3.8) is 0 Å². The number of hydrogen-bond acceptors (Lipinski definition) is 8. The Morgan fingerprint density at radius 3 is 2.75 bits per heavy atom. The summed E-state index contributed by atoms with van der Waals surface area (Å²) < 4.78 is 17.2. The van der Waals surface area contributed by atoms with E-state index in [9.17, 15) is 4.79 Å². The summed E-state index contributed by atoms with van der Waals surface area (Å²) in [7, 11) is 3.19. The molecular weight excluding hydrogens is 396 g/mol. The van der Waals surface area contributed by atoms with Crippen LogP contribution in [-0.2, 0) is 29.8 Å². The van der Waals surface area contributed by atoms with E-state index in [4.69, 9.17) is 13.9 Å². The van der Waals surface area contributed by atoms with Crippen LogP contribution in [-0.4, -0.2) is 30.0 Å². The summed E-state index contributed by atoms with van der Waals surface area (Å²) in [6.07, 6.45) is 5.00. The highest BCUT2D eigenvalue weighted by molar-refractivity contribution is 8.00. The minimum Gasteiger partial charge on any atom is -0.497 e. The van der Waals surface area contributed by atoms with Crippen molar-refractivity contribution >= 4 is 28.9 Å². The maximum absolute atomic E-state index is 12.5. The third kappa shape index (κ3) is 5.36. The van der Waals surface area contributed by atoms with Crippen molar-refractivity contribution in [2.24, 2.45) is 0 Å². The van der Waals surface area contributed by atoms with Gasteiger partial charge in [0.1, 0.15) is 28.1 Å². The van der Waals surface area contributed by atoms with Crippen LogP contribution in [0.1, 0.15) is 29.1 Å². The van der Waals surface area contributed by atoms with Crippen molar-refractivity contribution in [2.75, 3.05) is 14.2 Å². The van der Waals surface area contributed by atoms with Crippen LogP contribution in [0, 0.1) is 0 Å². The van der Waals surface area contributed by atoms with Crippen LogP contribution in [0.25, 0.3) is 0 Å². The number of aryl methyl sites for hydroxylation is 1. The fourth-order valence-electron chi connectivity index (χ4n) is 2.59. The normalized spacial score (nSPS) is 10.8. The molecule has 0 aliphatic carbocycles. The molecule has 3 aromatic rings. The van der Waals surface area contributed by atoms with Crippen LogP contribution in [0.2, 0.25) is 0 Å². The number of rotatable bonds is 10. The number of carbonyl (C=O) groups excluding carboxylic acids is 1. The smallest absolute Gasteiger partial charge is 0.204 e. The quantitative estimate of drug-likeness (QED) is 0.453. The van der Waals surface area contributed by atoms with Crippen molar-refractivity contribution < 1.29 is 18.7 Å². The average Bonchev–Trinajstić information content (AvgIpc) is 3.35. The molecule has 0 aliphatic heterocycles. The zero-order valence-corrected chi connectivity index (χ0v) is 17.7. The number of aromatic nitrogens is 2. The number of benzene rings is 1. The number of ketones is 1. The Balaban J connectivity index is 1.55. The molecule has 0 bridgehead atoms. The first-order valence-electron chi connectivity index (χ1n) is 8.85. The lowest BCUT2D eigenvalue weighted by Gasteiger charge is -2.09. The molecule has 0 fully saturated rings. The molecule has 0 unspecified atom stereocenters. The van der Waals surface area contributed by atoms with Crippen LogP contribution in [0.15, 0.2) is 39.2 Å². The van der Waals surface area contributed by atoms with Gasteiger partial charge in [0, 0.05) is 24.5 Å². The lowest BCUT2D eigenvalue weighted by Crippen LogP contribution is -2.07. The molecule has 0 saturated carbocycles. The van der Waals surface area contributed by atoms with Gasteiger partial charge in [0.2, 0.25) is 5.89 Å². The molecule has 0 amide bonds. The summed E-state index contributed by atoms with van der Waals surface area (Å²) in [5.41, 5.74) is 0.843. The molecule has 28 heavy (non-hydrogen) atoms. The topological polar surface area (TPSA) is 74.5 Å². The van der Waals surface area contributed by atoms with E-state index in [1.807, 2.05) is 19.1 Å². The number of thiazole rings is 1. The van der Waals surface area contributed by atoms with E-state index < -0.39 is 0 Å². The van der Waals surface area contributed by atoms with Crippen LogP contribution < -0.4 is 9.47 Å². The van der Waals surface area contributed by atoms with Gasteiger partial charge in [-0.3, -0.25) is 4.79 Å². The third-order valence-electron chi connectivity index (χ3n) is 4.05. The van der Waals surface area contributed by atoms with Gasteiger partial charge in [-0.25, -0.2) is 9.97 Å². The van der Waals surface area contributed by atoms with Gasteiger partial charge in [-0.15, -0.1) is 23.1 Å². The largest absolute Gasteiger partial charge is 0.497 e. The molecule has 0 N–H and O–H groups in total. The fraction of sp³-hybridized carbons (Fsp3) is 0.350. The van der Waals surface area contributed by atoms with Gasteiger partial charge in [0.25, 0.3) is 0 Å². The fourth-order valence-corrected chi connectivity index (χ4v) is 4.50. The summed E-state index contributed by atoms with van der Waals surface area (Å²) in [4.78, 5) is 21.1. The van der Waals surface area contributed by atoms with E-state index in [0.29, 0.717) is 36.0 Å². The molecule has 6 nitrogen and oxygen atoms in total. The van der Waals surface area contributed by atoms with Gasteiger partial charge in [-0.05, 0) is 6.07 Å². The Bertz CT molecular complexity index is 936. The zero-order valence-electron chi connectivity index (χ0n) is 16.1. The van der Waals surface area contributed by atoms with Gasteiger partial charge in [0.05, 0.1) is 43.0 Å². The second-order valence-corrected chi connectivity index (χ2v) is 8.40. The molecule has 0 spiro atoms. The predicted octanol–water partition coefficient (Wildman–Crippen LogP) is 4.36. The number of Topliss-reactive ketones (excluding diaryl/α,β-unsaturated/α-hetero) is 1. The second kappa shape index (κ2) is 9.75. The molecule has 148 valence electrons. The van der Waals surface area contributed by atoms with E-state index in [-0.39, 0.29) is 5.78 Å². The van der Waals surface area contributed by atoms with Crippen molar-refractivity contribution in [1.82, 2.24) is 9.97 Å². The van der Waals surface area contributed by atoms with Crippen LogP contribution in [0.5, 0.6) is 11.5 Å². The van der Waals surface area contributed by atoms with E-state index in [1.165, 1.54) is 11.3 Å². The Morgan fingerprint density at radius 2 is 2.04 bits per heavy atom. The van der Waals surface area contributed by atoms with Gasteiger partial charge in [-0.2, -0.15) is 0 Å². The van der Waals surface area contributed by atoms with E-state index in [0.717, 1.165) is 27.0 Å². The van der Waals surface area contributed by atoms with Crippen LogP contribution >= 0.6 is 23.1 Å². The number of oxazole rings is 1. The molecule has 2 heterocycles. The van der Waals surface area contributed by atoms with Crippen molar-refractivity contribution in [3.05, 3.63) is 52.8 Å². The molecule has 8 heteroatoms. The maximum Gasteiger partial charge on any atom is 0.204 e. The van der Waals surface area contributed by atoms with Gasteiger partial charge in [0.15, 0.2) is 0 Å². The average molecular weight is 419 g/mol. The van der Waals surface area contributed by atoms with E-state index in [1.54, 1.807) is 44.4 Å². The lowest BCUT2D eigenvalue weighted by atomic mass is 10.1. The van der Waals surface area contributed by atoms with Crippen LogP contribution in [0.3, 0.4) is 0 Å². The Hall–Kier alpha value is -2.32. The predicted molar refractivity (Wildman–Crippen MR) is 110 cm³/mol. The first-order chi connectivity index (χ1) is 13.6. The molecule has 0 saturated heterocycles. The molecular formula is C20H22N2O4S2. The molecule has 0 atom stereocenters. The van der Waals surface area contributed by atoms with Gasteiger partial charge >= 0.3 is 0 Å². The molecule has 2 aromatic heterocycles. The molecule has 3 rings (SSSR count). The maximum atomic E-state index is 12.5. The summed E-state index contributed by atoms with van der Waals surface area (Å²) in [5, 5.41) is 0.807. The van der Waals surface area contributed by atoms with Gasteiger partial charge < -0.3 is 13.9 Å². The summed E-state index contributed by atoms with van der Waals surface area (Å²) in [6.45, 7) is 2.03. The number of thioether (sulfide) groups is 1. The summed E-state index contributed by atoms with van der Waals surface area (Å²) >= 11 is 3.14. The highest BCUT2D eigenvalue weighted by Crippen LogP contribution is 2.29. The number of hydrogen-bond donors (Lipinski definition) is 0. The zero-order chi connectivity index (χ0) is 19.9. The van der Waals surface area contributed by atoms with Crippen molar-refractivity contribution in [2.45, 2.75) is 36.1 Å². The van der Waals surface area contributed by atoms with E-state index in [2.05, 4.69) is 9.97 Å². The minimum atomic E-state index is 0.0923. The van der Waals surface area contributed by atoms with Gasteiger partial charge in [-0.1, -0.05) is 13.0 Å². The first kappa shape index (κ1) is 20.4. The SMILES string of the molecule is CCc1cnc(CSc2cnc(CC(=O)Cc3ccc(OC)cc3OC)s2)o1. The molecule has 1 aromatic carbocycles. The number of carbonyl (C=O) groups is 1. The Labute approximate surface area is 172 Å². The third-order valence-corrected chi connectivity index (χ3v) is 6.23. The van der Waals surface area contributed by atoms with Crippen molar-refractivity contribution in [1.29, 1.82) is 0 Å². The Morgan fingerprint density at radius 1 is 1.18 bits per heavy atom. The lowest BCUT2D eigenvalue weighted by molar-refractivity contribution is -0.117. The second-order valence-electron chi connectivity index (χ2n) is 6.01. The highest BCUT2D eigenvalue weighted by Gasteiger charge is 2.13. The molecule has 0 aliphatic rings. The van der Waals surface area contributed by atoms with Crippen molar-refractivity contribution in [3.8, 4) is 11.5 Å². The summed E-state index contributed by atoms with van der Waals surface area (Å²) in [5.74, 6) is 3.69. The standard InChI is InChI=1S/C20H22N2O4S2/c1-4-15-10-21-18(26-15)12-27-20-11-22-19(28-20)8-14(23)7-13-5-6-16(24-2)9-17(13)25-3/h5-6,9-11H,4,7-8,12H2,1-3H3. The highest BCUT2D eigenvalue weighted by atomic mass is 32.2. The monoisotopic (exact) mass is 418 g/mol. The number of methoxy groups -OCH3 is 2. The summed E-state index contributed by atoms with van der Waals surface area (Å²) in [6, 6.07) is 5.48. The molecule has 0 radical (unpaired) electrons. The van der Waals surface area contributed by atoms with Crippen LogP contribution in [0.4, 0.5) is 0 Å². The number of nitrogens with zero attached hydrogens (tertiary/aromatic N) is 2. The Kier molecular flexibility index (Phi) is 7.11. The number of ether oxygens (including phenoxy) is 2. The first-order valence-corrected chi connectivity index (χ1v) is 10.6. The van der Waals surface area contributed by atoms with E-state index >= 15 is 0 Å². The minimum absolute atomic E-state index is 0.0923.